The second-order valence-electron chi connectivity index (χ2n) is 5.32. The molecule has 0 aliphatic carbocycles. The lowest BCUT2D eigenvalue weighted by Gasteiger charge is -2.33. The average molecular weight is 307 g/mol. The number of rotatable bonds is 2. The van der Waals surface area contributed by atoms with Gasteiger partial charge in [0.25, 0.3) is 0 Å². The van der Waals surface area contributed by atoms with Crippen LogP contribution < -0.4 is 4.74 Å². The van der Waals surface area contributed by atoms with Crippen molar-refractivity contribution in [3.8, 4) is 11.5 Å². The van der Waals surface area contributed by atoms with Gasteiger partial charge in [0.05, 0.1) is 11.9 Å². The molecule has 3 heterocycles. The largest absolute Gasteiger partial charge is 0.508 e. The van der Waals surface area contributed by atoms with Crippen LogP contribution in [0.3, 0.4) is 0 Å². The highest BCUT2D eigenvalue weighted by atomic mass is 16.5. The molecule has 1 aliphatic heterocycles. The summed E-state index contributed by atoms with van der Waals surface area (Å²) in [5, 5.41) is 9.66. The third-order valence-corrected chi connectivity index (χ3v) is 3.92. The Morgan fingerprint density at radius 3 is 2.65 bits per heavy atom. The number of hydrogen-bond donors (Lipinski definition) is 1. The van der Waals surface area contributed by atoms with Crippen LogP contribution in [-0.4, -0.2) is 25.4 Å². The molecule has 2 unspecified atom stereocenters. The number of nitrogens with zero attached hydrogens (tertiary/aromatic N) is 3. The van der Waals surface area contributed by atoms with Gasteiger partial charge in [-0.25, -0.2) is 4.98 Å². The highest BCUT2D eigenvalue weighted by molar-refractivity contribution is 6.03. The second-order valence-corrected chi connectivity index (χ2v) is 5.32. The number of aromatic nitrogens is 3. The van der Waals surface area contributed by atoms with E-state index in [2.05, 4.69) is 9.97 Å². The van der Waals surface area contributed by atoms with Crippen molar-refractivity contribution in [3.05, 3.63) is 72.6 Å². The lowest BCUT2D eigenvalue weighted by molar-refractivity contribution is 0.0676. The predicted molar refractivity (Wildman–Crippen MR) is 81.3 cm³/mol. The number of hydrogen-bond acceptors (Lipinski definition) is 5. The zero-order valence-electron chi connectivity index (χ0n) is 12.0. The number of carbonyl (C=O) groups excluding carboxylic acids is 1. The van der Waals surface area contributed by atoms with Crippen LogP contribution in [-0.2, 0) is 0 Å². The molecule has 0 fully saturated rings. The summed E-state index contributed by atoms with van der Waals surface area (Å²) < 4.78 is 7.79. The maximum Gasteiger partial charge on any atom is 0.193 e. The van der Waals surface area contributed by atoms with Crippen LogP contribution in [0.25, 0.3) is 0 Å². The van der Waals surface area contributed by atoms with E-state index in [0.29, 0.717) is 11.3 Å². The maximum absolute atomic E-state index is 13.0. The molecule has 4 rings (SSSR count). The number of ketones is 1. The van der Waals surface area contributed by atoms with Crippen LogP contribution in [0.5, 0.6) is 11.5 Å². The number of Topliss-reactive ketones (excluding diaryl/α,β-unsaturated/α-hetero) is 1. The van der Waals surface area contributed by atoms with Crippen molar-refractivity contribution in [2.45, 2.75) is 12.1 Å². The molecule has 1 aliphatic rings. The Bertz CT molecular complexity index is 847. The second kappa shape index (κ2) is 5.24. The van der Waals surface area contributed by atoms with Gasteiger partial charge in [0.15, 0.2) is 11.9 Å². The summed E-state index contributed by atoms with van der Waals surface area (Å²) in [6.45, 7) is 0. The quantitative estimate of drug-likeness (QED) is 0.787. The van der Waals surface area contributed by atoms with Crippen LogP contribution in [0.2, 0.25) is 0 Å². The molecule has 114 valence electrons. The Hall–Kier alpha value is -3.15. The van der Waals surface area contributed by atoms with Gasteiger partial charge in [-0.15, -0.1) is 0 Å². The van der Waals surface area contributed by atoms with Crippen molar-refractivity contribution in [1.82, 2.24) is 14.5 Å². The van der Waals surface area contributed by atoms with Crippen LogP contribution in [0.4, 0.5) is 0 Å². The summed E-state index contributed by atoms with van der Waals surface area (Å²) in [5.74, 6) is 0.366. The van der Waals surface area contributed by atoms with E-state index >= 15 is 0 Å². The molecule has 6 nitrogen and oxygen atoms in total. The first-order valence-corrected chi connectivity index (χ1v) is 7.15. The van der Waals surface area contributed by atoms with E-state index in [0.717, 1.165) is 5.56 Å². The number of ether oxygens (including phenoxy) is 1. The highest BCUT2D eigenvalue weighted by Gasteiger charge is 2.39. The number of benzene rings is 1. The molecule has 1 aromatic carbocycles. The normalized spacial score (nSPS) is 19.9. The number of fused-ring (bicyclic) bond motifs is 1. The molecule has 2 atom stereocenters. The van der Waals surface area contributed by atoms with Gasteiger partial charge in [-0.1, -0.05) is 0 Å². The summed E-state index contributed by atoms with van der Waals surface area (Å²) in [4.78, 5) is 21.0. The molecule has 1 N–H and O–H groups in total. The Balaban J connectivity index is 1.87. The van der Waals surface area contributed by atoms with Crippen LogP contribution in [0.15, 0.2) is 61.4 Å². The zero-order valence-corrected chi connectivity index (χ0v) is 12.0. The Labute approximate surface area is 132 Å². The molecule has 0 saturated heterocycles. The fraction of sp³-hybridized carbons (Fsp3) is 0.118. The van der Waals surface area contributed by atoms with Crippen molar-refractivity contribution in [2.75, 3.05) is 0 Å². The van der Waals surface area contributed by atoms with Gasteiger partial charge in [0.1, 0.15) is 17.5 Å². The minimum Gasteiger partial charge on any atom is -0.508 e. The molecular weight excluding hydrogens is 294 g/mol. The van der Waals surface area contributed by atoms with E-state index in [9.17, 15) is 9.90 Å². The number of carbonyl (C=O) groups is 1. The van der Waals surface area contributed by atoms with Gasteiger partial charge in [-0.3, -0.25) is 9.78 Å². The summed E-state index contributed by atoms with van der Waals surface area (Å²) in [5.41, 5.74) is 1.29. The first kappa shape index (κ1) is 13.5. The van der Waals surface area contributed by atoms with Gasteiger partial charge in [-0.05, 0) is 29.8 Å². The number of phenolic OH excluding ortho intramolecular Hbond substituents is 1. The van der Waals surface area contributed by atoms with Crippen molar-refractivity contribution in [1.29, 1.82) is 0 Å². The molecule has 23 heavy (non-hydrogen) atoms. The van der Waals surface area contributed by atoms with Gasteiger partial charge >= 0.3 is 0 Å². The molecule has 2 aromatic heterocycles. The van der Waals surface area contributed by atoms with Gasteiger partial charge < -0.3 is 14.4 Å². The number of aromatic hydroxyl groups is 1. The lowest BCUT2D eigenvalue weighted by atomic mass is 9.91. The molecule has 6 heteroatoms. The third-order valence-electron chi connectivity index (χ3n) is 3.92. The first-order valence-electron chi connectivity index (χ1n) is 7.15. The number of imidazole rings is 1. The molecule has 0 radical (unpaired) electrons. The van der Waals surface area contributed by atoms with Crippen LogP contribution in [0.1, 0.15) is 28.1 Å². The average Bonchev–Trinajstić information content (AvgIpc) is 3.09. The van der Waals surface area contributed by atoms with E-state index in [1.807, 2.05) is 12.1 Å². The van der Waals surface area contributed by atoms with E-state index in [1.54, 1.807) is 41.7 Å². The standard InChI is InChI=1S/C17H13N3O3/c21-12-1-2-13-14(9-12)23-17(11-3-5-18-6-4-11)15(16(13)22)20-8-7-19-10-20/h1-10,15,17,21H. The molecular formula is C17H13N3O3. The maximum atomic E-state index is 13.0. The summed E-state index contributed by atoms with van der Waals surface area (Å²) in [7, 11) is 0. The summed E-state index contributed by atoms with van der Waals surface area (Å²) in [6.07, 6.45) is 7.77. The zero-order chi connectivity index (χ0) is 15.8. The van der Waals surface area contributed by atoms with E-state index in [1.165, 1.54) is 12.1 Å². The monoisotopic (exact) mass is 307 g/mol. The van der Waals surface area contributed by atoms with E-state index in [4.69, 9.17) is 4.74 Å². The van der Waals surface area contributed by atoms with Crippen molar-refractivity contribution >= 4 is 5.78 Å². The minimum absolute atomic E-state index is 0.0612. The molecule has 0 spiro atoms. The van der Waals surface area contributed by atoms with Gasteiger partial charge in [-0.2, -0.15) is 0 Å². The Morgan fingerprint density at radius 2 is 1.91 bits per heavy atom. The summed E-state index contributed by atoms with van der Waals surface area (Å²) in [6, 6.07) is 7.60. The van der Waals surface area contributed by atoms with Gasteiger partial charge in [0, 0.05) is 30.9 Å². The van der Waals surface area contributed by atoms with Crippen molar-refractivity contribution < 1.29 is 14.6 Å². The van der Waals surface area contributed by atoms with Crippen LogP contribution >= 0.6 is 0 Å². The van der Waals surface area contributed by atoms with Crippen molar-refractivity contribution in [2.24, 2.45) is 0 Å². The minimum atomic E-state index is -0.558. The van der Waals surface area contributed by atoms with Crippen LogP contribution in [0, 0.1) is 0 Å². The Kier molecular flexibility index (Phi) is 3.08. The fourth-order valence-corrected chi connectivity index (χ4v) is 2.84. The third kappa shape index (κ3) is 2.24. The van der Waals surface area contributed by atoms with E-state index < -0.39 is 12.1 Å². The Morgan fingerprint density at radius 1 is 1.09 bits per heavy atom. The molecule has 0 amide bonds. The highest BCUT2D eigenvalue weighted by Crippen LogP contribution is 2.42. The molecule has 0 bridgehead atoms. The number of phenols is 1. The predicted octanol–water partition coefficient (Wildman–Crippen LogP) is 2.54. The first-order chi connectivity index (χ1) is 11.2. The molecule has 3 aromatic rings. The van der Waals surface area contributed by atoms with E-state index in [-0.39, 0.29) is 11.5 Å². The topological polar surface area (TPSA) is 77.2 Å². The molecule has 0 saturated carbocycles. The smallest absolute Gasteiger partial charge is 0.193 e. The summed E-state index contributed by atoms with van der Waals surface area (Å²) >= 11 is 0. The van der Waals surface area contributed by atoms with Gasteiger partial charge in [0.2, 0.25) is 0 Å². The van der Waals surface area contributed by atoms with Crippen molar-refractivity contribution in [3.63, 3.8) is 0 Å². The SMILES string of the molecule is O=C1c2ccc(O)cc2OC(c2ccncc2)C1n1ccnc1. The fourth-order valence-electron chi connectivity index (χ4n) is 2.84. The lowest BCUT2D eigenvalue weighted by Crippen LogP contribution is -2.33. The number of pyridine rings is 1.